The lowest BCUT2D eigenvalue weighted by molar-refractivity contribution is 0.248. The van der Waals surface area contributed by atoms with Crippen LogP contribution in [-0.2, 0) is 6.54 Å². The number of benzene rings is 3. The van der Waals surface area contributed by atoms with E-state index < -0.39 is 0 Å². The van der Waals surface area contributed by atoms with Gasteiger partial charge in [0.15, 0.2) is 11.5 Å². The normalized spacial score (nSPS) is 12.0. The number of nitrogens with one attached hydrogen (secondary N) is 1. The molecular formula is C24H24N2O3S. The molecule has 0 saturated carbocycles. The van der Waals surface area contributed by atoms with E-state index in [2.05, 4.69) is 12.2 Å². The number of nitrogens with zero attached hydrogens (tertiary/aromatic N) is 1. The van der Waals surface area contributed by atoms with Crippen molar-refractivity contribution in [2.24, 2.45) is 0 Å². The third kappa shape index (κ3) is 4.09. The smallest absolute Gasteiger partial charge is 0.326 e. The van der Waals surface area contributed by atoms with E-state index >= 15 is 0 Å². The van der Waals surface area contributed by atoms with Crippen LogP contribution in [0.15, 0.2) is 76.5 Å². The lowest BCUT2D eigenvalue weighted by atomic mass is 10.2. The Morgan fingerprint density at radius 3 is 2.27 bits per heavy atom. The van der Waals surface area contributed by atoms with Crippen molar-refractivity contribution in [3.63, 3.8) is 0 Å². The lowest BCUT2D eigenvalue weighted by Gasteiger charge is -2.31. The van der Waals surface area contributed by atoms with Crippen molar-refractivity contribution in [3.05, 3.63) is 72.3 Å². The molecule has 0 saturated heterocycles. The number of hydrogen-bond donors (Lipinski definition) is 1. The second kappa shape index (κ2) is 9.13. The third-order valence-electron chi connectivity index (χ3n) is 4.77. The van der Waals surface area contributed by atoms with Gasteiger partial charge in [0.25, 0.3) is 0 Å². The SMILES string of the molecule is CCCOc1ccc(CNC(=O)N2c3ccccc3Sc3ccccc32)cc1OC. The fraction of sp³-hybridized carbons (Fsp3) is 0.208. The molecule has 0 atom stereocenters. The monoisotopic (exact) mass is 420 g/mol. The summed E-state index contributed by atoms with van der Waals surface area (Å²) in [6.07, 6.45) is 0.929. The van der Waals surface area contributed by atoms with Crippen LogP contribution in [0.1, 0.15) is 18.9 Å². The summed E-state index contributed by atoms with van der Waals surface area (Å²) < 4.78 is 11.2. The van der Waals surface area contributed by atoms with Crippen molar-refractivity contribution in [3.8, 4) is 11.5 Å². The minimum absolute atomic E-state index is 0.166. The molecule has 0 aromatic heterocycles. The molecule has 2 amide bonds. The number of fused-ring (bicyclic) bond motifs is 2. The molecule has 154 valence electrons. The molecular weight excluding hydrogens is 396 g/mol. The molecule has 1 aliphatic heterocycles. The molecule has 30 heavy (non-hydrogen) atoms. The molecule has 1 heterocycles. The summed E-state index contributed by atoms with van der Waals surface area (Å²) in [7, 11) is 1.62. The summed E-state index contributed by atoms with van der Waals surface area (Å²) in [5.74, 6) is 1.38. The Labute approximate surface area is 181 Å². The van der Waals surface area contributed by atoms with Crippen molar-refractivity contribution < 1.29 is 14.3 Å². The zero-order valence-electron chi connectivity index (χ0n) is 17.1. The Morgan fingerprint density at radius 2 is 1.63 bits per heavy atom. The number of carbonyl (C=O) groups excluding carboxylic acids is 1. The summed E-state index contributed by atoms with van der Waals surface area (Å²) in [6, 6.07) is 21.5. The second-order valence-electron chi connectivity index (χ2n) is 6.87. The molecule has 0 radical (unpaired) electrons. The first-order chi connectivity index (χ1) is 14.7. The Kier molecular flexibility index (Phi) is 6.14. The third-order valence-corrected chi connectivity index (χ3v) is 5.90. The topological polar surface area (TPSA) is 50.8 Å². The molecule has 6 heteroatoms. The minimum Gasteiger partial charge on any atom is -0.493 e. The molecule has 3 aromatic rings. The molecule has 0 bridgehead atoms. The lowest BCUT2D eigenvalue weighted by Crippen LogP contribution is -2.37. The van der Waals surface area contributed by atoms with Gasteiger partial charge in [0.05, 0.1) is 25.1 Å². The summed E-state index contributed by atoms with van der Waals surface area (Å²) in [6.45, 7) is 3.08. The summed E-state index contributed by atoms with van der Waals surface area (Å²) >= 11 is 1.68. The quantitative estimate of drug-likeness (QED) is 0.532. The number of anilines is 2. The highest BCUT2D eigenvalue weighted by atomic mass is 32.2. The van der Waals surface area contributed by atoms with Crippen molar-refractivity contribution in [2.45, 2.75) is 29.7 Å². The molecule has 5 nitrogen and oxygen atoms in total. The number of carbonyl (C=O) groups is 1. The Hall–Kier alpha value is -3.12. The highest BCUT2D eigenvalue weighted by Gasteiger charge is 2.27. The van der Waals surface area contributed by atoms with Gasteiger partial charge in [-0.25, -0.2) is 4.79 Å². The number of rotatable bonds is 6. The number of hydrogen-bond acceptors (Lipinski definition) is 4. The molecule has 4 rings (SSSR count). The fourth-order valence-corrected chi connectivity index (χ4v) is 4.39. The van der Waals surface area contributed by atoms with Crippen LogP contribution < -0.4 is 19.7 Å². The Morgan fingerprint density at radius 1 is 0.967 bits per heavy atom. The standard InChI is InChI=1S/C24H24N2O3S/c1-3-14-29-20-13-12-17(15-21(20)28-2)16-25-24(27)26-18-8-4-6-10-22(18)30-23-11-7-5-9-19(23)26/h4-13,15H,3,14,16H2,1-2H3,(H,25,27). The van der Waals surface area contributed by atoms with Gasteiger partial charge in [-0.3, -0.25) is 4.90 Å². The average Bonchev–Trinajstić information content (AvgIpc) is 2.79. The maximum absolute atomic E-state index is 13.2. The second-order valence-corrected chi connectivity index (χ2v) is 7.95. The number of ether oxygens (including phenoxy) is 2. The summed E-state index contributed by atoms with van der Waals surface area (Å²) in [5.41, 5.74) is 2.72. The van der Waals surface area contributed by atoms with Crippen LogP contribution in [-0.4, -0.2) is 19.7 Å². The van der Waals surface area contributed by atoms with E-state index in [1.54, 1.807) is 23.8 Å². The molecule has 0 fully saturated rings. The van der Waals surface area contributed by atoms with Gasteiger partial charge in [0.1, 0.15) is 0 Å². The zero-order chi connectivity index (χ0) is 20.9. The number of amides is 2. The van der Waals surface area contributed by atoms with Gasteiger partial charge in [-0.2, -0.15) is 0 Å². The van der Waals surface area contributed by atoms with Crippen LogP contribution in [0, 0.1) is 0 Å². The summed E-state index contributed by atoms with van der Waals surface area (Å²) in [5, 5.41) is 3.05. The molecule has 1 aliphatic rings. The van der Waals surface area contributed by atoms with Gasteiger partial charge in [-0.15, -0.1) is 0 Å². The molecule has 0 aliphatic carbocycles. The van der Waals surface area contributed by atoms with Crippen LogP contribution in [0.25, 0.3) is 0 Å². The van der Waals surface area contributed by atoms with Crippen molar-refractivity contribution in [1.82, 2.24) is 5.32 Å². The first-order valence-electron chi connectivity index (χ1n) is 9.95. The van der Waals surface area contributed by atoms with Gasteiger partial charge < -0.3 is 14.8 Å². The molecule has 0 unspecified atom stereocenters. The summed E-state index contributed by atoms with van der Waals surface area (Å²) in [4.78, 5) is 17.1. The zero-order valence-corrected chi connectivity index (χ0v) is 17.9. The van der Waals surface area contributed by atoms with Gasteiger partial charge in [0, 0.05) is 16.3 Å². The van der Waals surface area contributed by atoms with E-state index in [4.69, 9.17) is 9.47 Å². The van der Waals surface area contributed by atoms with Crippen LogP contribution in [0.3, 0.4) is 0 Å². The number of urea groups is 1. The van der Waals surface area contributed by atoms with Crippen molar-refractivity contribution in [2.75, 3.05) is 18.6 Å². The van der Waals surface area contributed by atoms with Gasteiger partial charge >= 0.3 is 6.03 Å². The van der Waals surface area contributed by atoms with E-state index in [9.17, 15) is 4.79 Å². The van der Waals surface area contributed by atoms with Crippen molar-refractivity contribution >= 4 is 29.2 Å². The van der Waals surface area contributed by atoms with Crippen molar-refractivity contribution in [1.29, 1.82) is 0 Å². The number of para-hydroxylation sites is 2. The molecule has 3 aromatic carbocycles. The molecule has 0 spiro atoms. The van der Waals surface area contributed by atoms with E-state index in [1.807, 2.05) is 66.7 Å². The number of methoxy groups -OCH3 is 1. The van der Waals surface area contributed by atoms with Crippen LogP contribution in [0.4, 0.5) is 16.2 Å². The maximum atomic E-state index is 13.2. The van der Waals surface area contributed by atoms with Gasteiger partial charge in [0.2, 0.25) is 0 Å². The van der Waals surface area contributed by atoms with Gasteiger partial charge in [-0.1, -0.05) is 49.0 Å². The maximum Gasteiger partial charge on any atom is 0.326 e. The van der Waals surface area contributed by atoms with Gasteiger partial charge in [-0.05, 0) is 48.4 Å². The molecule has 1 N–H and O–H groups in total. The first-order valence-corrected chi connectivity index (χ1v) is 10.8. The average molecular weight is 421 g/mol. The van der Waals surface area contributed by atoms with Crippen LogP contribution >= 0.6 is 11.8 Å². The highest BCUT2D eigenvalue weighted by molar-refractivity contribution is 7.99. The fourth-order valence-electron chi connectivity index (χ4n) is 3.33. The first kappa shape index (κ1) is 20.2. The largest absolute Gasteiger partial charge is 0.493 e. The predicted molar refractivity (Wildman–Crippen MR) is 120 cm³/mol. The Bertz CT molecular complexity index is 1010. The van der Waals surface area contributed by atoms with E-state index in [0.717, 1.165) is 33.2 Å². The van der Waals surface area contributed by atoms with E-state index in [-0.39, 0.29) is 6.03 Å². The van der Waals surface area contributed by atoms with E-state index in [0.29, 0.717) is 24.7 Å². The predicted octanol–water partition coefficient (Wildman–Crippen LogP) is 6.00. The minimum atomic E-state index is -0.166. The van der Waals surface area contributed by atoms with E-state index in [1.165, 1.54) is 0 Å². The van der Waals surface area contributed by atoms with Crippen LogP contribution in [0.5, 0.6) is 11.5 Å². The highest BCUT2D eigenvalue weighted by Crippen LogP contribution is 2.47. The van der Waals surface area contributed by atoms with Crippen LogP contribution in [0.2, 0.25) is 0 Å². The Balaban J connectivity index is 1.54.